The van der Waals surface area contributed by atoms with Crippen molar-refractivity contribution < 1.29 is 4.79 Å². The van der Waals surface area contributed by atoms with Crippen molar-refractivity contribution in [1.82, 2.24) is 0 Å². The van der Waals surface area contributed by atoms with Gasteiger partial charge < -0.3 is 11.1 Å². The molecule has 0 saturated heterocycles. The summed E-state index contributed by atoms with van der Waals surface area (Å²) in [5, 5.41) is 5.13. The molecule has 0 unspecified atom stereocenters. The van der Waals surface area contributed by atoms with E-state index in [0.29, 0.717) is 6.54 Å². The van der Waals surface area contributed by atoms with Crippen molar-refractivity contribution in [3.05, 3.63) is 40.9 Å². The van der Waals surface area contributed by atoms with Gasteiger partial charge in [-0.2, -0.15) is 0 Å². The summed E-state index contributed by atoms with van der Waals surface area (Å²) in [6.45, 7) is 3.99. The molecule has 0 aliphatic heterocycles. The van der Waals surface area contributed by atoms with Crippen LogP contribution in [0.3, 0.4) is 0 Å². The molecule has 0 atom stereocenters. The molecule has 4 heteroatoms. The zero-order valence-electron chi connectivity index (χ0n) is 11.0. The van der Waals surface area contributed by atoms with Crippen LogP contribution < -0.4 is 11.1 Å². The van der Waals surface area contributed by atoms with Gasteiger partial charge >= 0.3 is 0 Å². The van der Waals surface area contributed by atoms with Gasteiger partial charge in [0, 0.05) is 16.7 Å². The van der Waals surface area contributed by atoms with Crippen LogP contribution in [0, 0.1) is 5.41 Å². The van der Waals surface area contributed by atoms with Crippen molar-refractivity contribution >= 4 is 38.3 Å². The lowest BCUT2D eigenvalue weighted by Crippen LogP contribution is -2.37. The van der Waals surface area contributed by atoms with E-state index in [0.717, 1.165) is 20.9 Å². The molecule has 0 saturated carbocycles. The molecule has 0 radical (unpaired) electrons. The normalized spacial score (nSPS) is 11.6. The number of hydrogen-bond acceptors (Lipinski definition) is 2. The topological polar surface area (TPSA) is 55.1 Å². The average molecular weight is 321 g/mol. The zero-order valence-corrected chi connectivity index (χ0v) is 12.6. The Morgan fingerprint density at radius 1 is 1.21 bits per heavy atom. The fraction of sp³-hybridized carbons (Fsp3) is 0.267. The second kappa shape index (κ2) is 5.31. The Labute approximate surface area is 121 Å². The van der Waals surface area contributed by atoms with Crippen LogP contribution in [0.2, 0.25) is 0 Å². The van der Waals surface area contributed by atoms with Crippen molar-refractivity contribution in [3.63, 3.8) is 0 Å². The van der Waals surface area contributed by atoms with Gasteiger partial charge in [0.05, 0.1) is 5.41 Å². The number of carbonyl (C=O) groups is 1. The summed E-state index contributed by atoms with van der Waals surface area (Å²) in [5.74, 6) is -0.0635. The minimum absolute atomic E-state index is 0.0635. The van der Waals surface area contributed by atoms with E-state index in [1.165, 1.54) is 0 Å². The lowest BCUT2D eigenvalue weighted by molar-refractivity contribution is -0.123. The van der Waals surface area contributed by atoms with Crippen LogP contribution in [-0.4, -0.2) is 12.5 Å². The lowest BCUT2D eigenvalue weighted by Gasteiger charge is -2.21. The molecule has 2 rings (SSSR count). The predicted octanol–water partition coefficient (Wildman–Crippen LogP) is 3.53. The highest BCUT2D eigenvalue weighted by Crippen LogP contribution is 2.24. The SMILES string of the molecule is CC(C)(CN)C(=O)Nc1ccc2cc(Br)ccc2c1. The molecule has 0 aliphatic rings. The van der Waals surface area contributed by atoms with E-state index < -0.39 is 5.41 Å². The first kappa shape index (κ1) is 14.0. The van der Waals surface area contributed by atoms with Gasteiger partial charge in [-0.1, -0.05) is 28.1 Å². The minimum Gasteiger partial charge on any atom is -0.329 e. The van der Waals surface area contributed by atoms with E-state index in [1.807, 2.05) is 50.2 Å². The second-order valence-corrected chi connectivity index (χ2v) is 6.16. The van der Waals surface area contributed by atoms with E-state index >= 15 is 0 Å². The Hall–Kier alpha value is -1.39. The number of anilines is 1. The number of amides is 1. The largest absolute Gasteiger partial charge is 0.329 e. The number of nitrogens with one attached hydrogen (secondary N) is 1. The third kappa shape index (κ3) is 3.14. The van der Waals surface area contributed by atoms with E-state index in [2.05, 4.69) is 21.2 Å². The van der Waals surface area contributed by atoms with Crippen LogP contribution in [0.5, 0.6) is 0 Å². The molecule has 3 N–H and O–H groups in total. The number of fused-ring (bicyclic) bond motifs is 1. The Morgan fingerprint density at radius 2 is 1.84 bits per heavy atom. The van der Waals surface area contributed by atoms with Crippen LogP contribution in [0.1, 0.15) is 13.8 Å². The van der Waals surface area contributed by atoms with E-state index in [4.69, 9.17) is 5.73 Å². The first-order valence-corrected chi connectivity index (χ1v) is 6.92. The van der Waals surface area contributed by atoms with Crippen LogP contribution in [0.15, 0.2) is 40.9 Å². The number of nitrogens with two attached hydrogens (primary N) is 1. The first-order valence-electron chi connectivity index (χ1n) is 6.13. The molecule has 0 spiro atoms. The Kier molecular flexibility index (Phi) is 3.92. The quantitative estimate of drug-likeness (QED) is 0.909. The Balaban J connectivity index is 2.27. The molecule has 0 heterocycles. The molecule has 0 fully saturated rings. The summed E-state index contributed by atoms with van der Waals surface area (Å²) in [5.41, 5.74) is 5.83. The number of hydrogen-bond donors (Lipinski definition) is 2. The van der Waals surface area contributed by atoms with Gasteiger partial charge in [-0.05, 0) is 48.9 Å². The standard InChI is InChI=1S/C15H17BrN2O/c1-15(2,9-17)14(19)18-13-6-4-10-7-12(16)5-3-11(10)8-13/h3-8H,9,17H2,1-2H3,(H,18,19). The molecule has 2 aromatic rings. The third-order valence-electron chi connectivity index (χ3n) is 3.19. The van der Waals surface area contributed by atoms with Crippen LogP contribution >= 0.6 is 15.9 Å². The van der Waals surface area contributed by atoms with Gasteiger partial charge in [0.1, 0.15) is 0 Å². The molecule has 19 heavy (non-hydrogen) atoms. The maximum atomic E-state index is 12.1. The van der Waals surface area contributed by atoms with Crippen LogP contribution in [0.25, 0.3) is 10.8 Å². The molecule has 3 nitrogen and oxygen atoms in total. The van der Waals surface area contributed by atoms with Gasteiger partial charge in [-0.25, -0.2) is 0 Å². The summed E-state index contributed by atoms with van der Waals surface area (Å²) in [4.78, 5) is 12.1. The molecule has 0 aliphatic carbocycles. The van der Waals surface area contributed by atoms with E-state index in [1.54, 1.807) is 0 Å². The smallest absolute Gasteiger partial charge is 0.231 e. The number of halogens is 1. The van der Waals surface area contributed by atoms with Crippen LogP contribution in [0.4, 0.5) is 5.69 Å². The summed E-state index contributed by atoms with van der Waals surface area (Å²) in [7, 11) is 0. The van der Waals surface area contributed by atoms with Gasteiger partial charge in [0.2, 0.25) is 5.91 Å². The summed E-state index contributed by atoms with van der Waals surface area (Å²) in [6.07, 6.45) is 0. The highest BCUT2D eigenvalue weighted by Gasteiger charge is 2.25. The summed E-state index contributed by atoms with van der Waals surface area (Å²) in [6, 6.07) is 11.9. The summed E-state index contributed by atoms with van der Waals surface area (Å²) >= 11 is 3.44. The highest BCUT2D eigenvalue weighted by atomic mass is 79.9. The Morgan fingerprint density at radius 3 is 2.53 bits per heavy atom. The minimum atomic E-state index is -0.561. The monoisotopic (exact) mass is 320 g/mol. The molecular weight excluding hydrogens is 304 g/mol. The van der Waals surface area contributed by atoms with E-state index in [9.17, 15) is 4.79 Å². The Bertz CT molecular complexity index is 623. The molecular formula is C15H17BrN2O. The van der Waals surface area contributed by atoms with Crippen molar-refractivity contribution in [2.45, 2.75) is 13.8 Å². The fourth-order valence-electron chi connectivity index (χ4n) is 1.69. The second-order valence-electron chi connectivity index (χ2n) is 5.25. The van der Waals surface area contributed by atoms with Crippen LogP contribution in [-0.2, 0) is 4.79 Å². The predicted molar refractivity (Wildman–Crippen MR) is 83.1 cm³/mol. The van der Waals surface area contributed by atoms with Crippen molar-refractivity contribution in [1.29, 1.82) is 0 Å². The maximum absolute atomic E-state index is 12.1. The van der Waals surface area contributed by atoms with Crippen molar-refractivity contribution in [3.8, 4) is 0 Å². The maximum Gasteiger partial charge on any atom is 0.231 e. The van der Waals surface area contributed by atoms with Gasteiger partial charge in [-0.3, -0.25) is 4.79 Å². The molecule has 100 valence electrons. The molecule has 1 amide bonds. The number of rotatable bonds is 3. The third-order valence-corrected chi connectivity index (χ3v) is 3.68. The molecule has 2 aromatic carbocycles. The van der Waals surface area contributed by atoms with Crippen molar-refractivity contribution in [2.75, 3.05) is 11.9 Å². The fourth-order valence-corrected chi connectivity index (χ4v) is 2.07. The molecule has 0 bridgehead atoms. The lowest BCUT2D eigenvalue weighted by atomic mass is 9.92. The van der Waals surface area contributed by atoms with Crippen molar-refractivity contribution in [2.24, 2.45) is 11.1 Å². The number of benzene rings is 2. The molecule has 0 aromatic heterocycles. The van der Waals surface area contributed by atoms with Gasteiger partial charge in [0.25, 0.3) is 0 Å². The van der Waals surface area contributed by atoms with E-state index in [-0.39, 0.29) is 5.91 Å². The summed E-state index contributed by atoms with van der Waals surface area (Å²) < 4.78 is 1.04. The first-order chi connectivity index (χ1) is 8.92. The average Bonchev–Trinajstić information content (AvgIpc) is 2.38. The van der Waals surface area contributed by atoms with Gasteiger partial charge in [-0.15, -0.1) is 0 Å². The number of carbonyl (C=O) groups excluding carboxylic acids is 1. The zero-order chi connectivity index (χ0) is 14.0. The highest BCUT2D eigenvalue weighted by molar-refractivity contribution is 9.10. The van der Waals surface area contributed by atoms with Gasteiger partial charge in [0.15, 0.2) is 0 Å².